The Balaban J connectivity index is 2.02. The highest BCUT2D eigenvalue weighted by molar-refractivity contribution is 5.26. The Labute approximate surface area is 94.5 Å². The molecule has 0 heterocycles. The van der Waals surface area contributed by atoms with Gasteiger partial charge in [0.2, 0.25) is 0 Å². The van der Waals surface area contributed by atoms with E-state index >= 15 is 0 Å². The Bertz CT molecular complexity index is 282. The molecule has 1 saturated carbocycles. The van der Waals surface area contributed by atoms with Gasteiger partial charge >= 0.3 is 0 Å². The molecule has 2 unspecified atom stereocenters. The first-order valence-corrected chi connectivity index (χ1v) is 6.62. The van der Waals surface area contributed by atoms with Crippen LogP contribution in [0.2, 0.25) is 0 Å². The van der Waals surface area contributed by atoms with Crippen molar-refractivity contribution in [1.82, 2.24) is 0 Å². The number of allylic oxidation sites excluding steroid dienone is 4. The van der Waals surface area contributed by atoms with E-state index in [9.17, 15) is 0 Å². The van der Waals surface area contributed by atoms with Gasteiger partial charge in [-0.15, -0.1) is 0 Å². The van der Waals surface area contributed by atoms with E-state index in [0.29, 0.717) is 0 Å². The number of rotatable bonds is 4. The summed E-state index contributed by atoms with van der Waals surface area (Å²) in [6.45, 7) is 6.96. The molecule has 0 aliphatic heterocycles. The van der Waals surface area contributed by atoms with Crippen molar-refractivity contribution in [3.05, 3.63) is 23.3 Å². The molecule has 0 heteroatoms. The molecule has 0 aromatic heterocycles. The van der Waals surface area contributed by atoms with Gasteiger partial charge in [0.1, 0.15) is 0 Å². The Hall–Kier alpha value is -0.520. The van der Waals surface area contributed by atoms with E-state index in [2.05, 4.69) is 32.9 Å². The average molecular weight is 204 g/mol. The van der Waals surface area contributed by atoms with E-state index in [1.165, 1.54) is 32.1 Å². The first-order valence-electron chi connectivity index (χ1n) is 6.62. The van der Waals surface area contributed by atoms with Crippen molar-refractivity contribution in [2.24, 2.45) is 17.8 Å². The maximum atomic E-state index is 2.41. The highest BCUT2D eigenvalue weighted by atomic mass is 14.5. The average Bonchev–Trinajstić information content (AvgIpc) is 3.01. The second-order valence-electron chi connectivity index (χ2n) is 5.34. The van der Waals surface area contributed by atoms with Crippen LogP contribution < -0.4 is 0 Å². The van der Waals surface area contributed by atoms with Crippen LogP contribution in [0, 0.1) is 17.8 Å². The van der Waals surface area contributed by atoms with Crippen LogP contribution in [0.5, 0.6) is 0 Å². The van der Waals surface area contributed by atoms with Crippen molar-refractivity contribution in [3.8, 4) is 0 Å². The van der Waals surface area contributed by atoms with Crippen molar-refractivity contribution >= 4 is 0 Å². The van der Waals surface area contributed by atoms with E-state index in [1.807, 2.05) is 0 Å². The standard InChI is InChI=1S/C15H24/c1-4-12-10-15(12)14(5-2)13-8-6-11(3)7-9-13/h6,8,12,14-15H,4-5,7,9-10H2,1-3H3/t12-,14?,15?/m1/s1. The molecule has 2 rings (SSSR count). The van der Waals surface area contributed by atoms with Gasteiger partial charge in [-0.05, 0) is 50.4 Å². The number of hydrogen-bond acceptors (Lipinski definition) is 0. The van der Waals surface area contributed by atoms with Crippen LogP contribution >= 0.6 is 0 Å². The third-order valence-electron chi connectivity index (χ3n) is 4.32. The highest BCUT2D eigenvalue weighted by Gasteiger charge is 2.41. The Morgan fingerprint density at radius 2 is 2.07 bits per heavy atom. The Morgan fingerprint density at radius 1 is 1.27 bits per heavy atom. The van der Waals surface area contributed by atoms with Gasteiger partial charge in [0.05, 0.1) is 0 Å². The summed E-state index contributed by atoms with van der Waals surface area (Å²) in [6, 6.07) is 0. The molecule has 0 aromatic rings. The first-order chi connectivity index (χ1) is 7.26. The molecule has 0 amide bonds. The zero-order valence-electron chi connectivity index (χ0n) is 10.4. The molecule has 0 N–H and O–H groups in total. The molecule has 0 nitrogen and oxygen atoms in total. The Kier molecular flexibility index (Phi) is 3.33. The van der Waals surface area contributed by atoms with Gasteiger partial charge in [-0.25, -0.2) is 0 Å². The van der Waals surface area contributed by atoms with Crippen molar-refractivity contribution in [2.45, 2.75) is 52.9 Å². The monoisotopic (exact) mass is 204 g/mol. The molecule has 3 atom stereocenters. The fourth-order valence-electron chi connectivity index (χ4n) is 3.14. The van der Waals surface area contributed by atoms with E-state index in [4.69, 9.17) is 0 Å². The quantitative estimate of drug-likeness (QED) is 0.621. The summed E-state index contributed by atoms with van der Waals surface area (Å²) >= 11 is 0. The second kappa shape index (κ2) is 4.55. The van der Waals surface area contributed by atoms with Crippen LogP contribution in [0.25, 0.3) is 0 Å². The summed E-state index contributed by atoms with van der Waals surface area (Å²) in [5, 5.41) is 0. The maximum absolute atomic E-state index is 2.41. The van der Waals surface area contributed by atoms with E-state index in [-0.39, 0.29) is 0 Å². The molecule has 0 radical (unpaired) electrons. The third kappa shape index (κ3) is 2.35. The van der Waals surface area contributed by atoms with Crippen molar-refractivity contribution in [2.75, 3.05) is 0 Å². The predicted octanol–water partition coefficient (Wildman–Crippen LogP) is 4.73. The molecule has 1 fully saturated rings. The minimum atomic E-state index is 0.902. The highest BCUT2D eigenvalue weighted by Crippen LogP contribution is 2.51. The van der Waals surface area contributed by atoms with Gasteiger partial charge in [0.25, 0.3) is 0 Å². The molecular formula is C15H24. The minimum Gasteiger partial charge on any atom is -0.0730 e. The molecule has 84 valence electrons. The smallest absolute Gasteiger partial charge is 0.0172 e. The van der Waals surface area contributed by atoms with Crippen molar-refractivity contribution in [3.63, 3.8) is 0 Å². The van der Waals surface area contributed by atoms with Gasteiger partial charge in [-0.3, -0.25) is 0 Å². The maximum Gasteiger partial charge on any atom is -0.0172 e. The van der Waals surface area contributed by atoms with Gasteiger partial charge in [-0.1, -0.05) is 43.6 Å². The normalized spacial score (nSPS) is 31.9. The lowest BCUT2D eigenvalue weighted by atomic mass is 9.84. The SMILES string of the molecule is CCC(C1=CC=C(C)CC1)C1C[C@H]1CC. The molecular weight excluding hydrogens is 180 g/mol. The predicted molar refractivity (Wildman–Crippen MR) is 66.7 cm³/mol. The van der Waals surface area contributed by atoms with E-state index in [0.717, 1.165) is 17.8 Å². The summed E-state index contributed by atoms with van der Waals surface area (Å²) in [4.78, 5) is 0. The topological polar surface area (TPSA) is 0 Å². The van der Waals surface area contributed by atoms with Gasteiger partial charge < -0.3 is 0 Å². The van der Waals surface area contributed by atoms with Crippen LogP contribution in [-0.2, 0) is 0 Å². The lowest BCUT2D eigenvalue weighted by Gasteiger charge is -2.21. The zero-order valence-corrected chi connectivity index (χ0v) is 10.4. The number of hydrogen-bond donors (Lipinski definition) is 0. The largest absolute Gasteiger partial charge is 0.0730 e. The van der Waals surface area contributed by atoms with E-state index in [1.54, 1.807) is 11.1 Å². The molecule has 0 saturated heterocycles. The lowest BCUT2D eigenvalue weighted by Crippen LogP contribution is -2.09. The van der Waals surface area contributed by atoms with Crippen LogP contribution in [0.3, 0.4) is 0 Å². The molecule has 2 aliphatic carbocycles. The van der Waals surface area contributed by atoms with Crippen LogP contribution in [-0.4, -0.2) is 0 Å². The minimum absolute atomic E-state index is 0.902. The van der Waals surface area contributed by atoms with Crippen molar-refractivity contribution < 1.29 is 0 Å². The molecule has 0 spiro atoms. The molecule has 15 heavy (non-hydrogen) atoms. The van der Waals surface area contributed by atoms with Crippen LogP contribution in [0.15, 0.2) is 23.3 Å². The van der Waals surface area contributed by atoms with Gasteiger partial charge in [0.15, 0.2) is 0 Å². The van der Waals surface area contributed by atoms with Crippen LogP contribution in [0.1, 0.15) is 52.9 Å². The fraction of sp³-hybridized carbons (Fsp3) is 0.733. The fourth-order valence-corrected chi connectivity index (χ4v) is 3.14. The molecule has 2 aliphatic rings. The van der Waals surface area contributed by atoms with Crippen molar-refractivity contribution in [1.29, 1.82) is 0 Å². The van der Waals surface area contributed by atoms with Crippen LogP contribution in [0.4, 0.5) is 0 Å². The molecule has 0 bridgehead atoms. The second-order valence-corrected chi connectivity index (χ2v) is 5.34. The molecule has 0 aromatic carbocycles. The summed E-state index contributed by atoms with van der Waals surface area (Å²) in [6.07, 6.45) is 11.6. The summed E-state index contributed by atoms with van der Waals surface area (Å²) in [5.74, 6) is 2.97. The summed E-state index contributed by atoms with van der Waals surface area (Å²) in [7, 11) is 0. The first kappa shape index (κ1) is 11.0. The van der Waals surface area contributed by atoms with Gasteiger partial charge in [-0.2, -0.15) is 0 Å². The van der Waals surface area contributed by atoms with E-state index < -0.39 is 0 Å². The van der Waals surface area contributed by atoms with Gasteiger partial charge in [0, 0.05) is 0 Å². The Morgan fingerprint density at radius 3 is 2.53 bits per heavy atom. The lowest BCUT2D eigenvalue weighted by molar-refractivity contribution is 0.465. The summed E-state index contributed by atoms with van der Waals surface area (Å²) in [5.41, 5.74) is 3.29. The zero-order chi connectivity index (χ0) is 10.8. The third-order valence-corrected chi connectivity index (χ3v) is 4.32. The summed E-state index contributed by atoms with van der Waals surface area (Å²) < 4.78 is 0.